The van der Waals surface area contributed by atoms with Crippen molar-refractivity contribution in [1.82, 2.24) is 5.32 Å². The van der Waals surface area contributed by atoms with Gasteiger partial charge in [0.2, 0.25) is 0 Å². The van der Waals surface area contributed by atoms with Gasteiger partial charge in [0, 0.05) is 24.9 Å². The zero-order valence-corrected chi connectivity index (χ0v) is 9.11. The lowest BCUT2D eigenvalue weighted by molar-refractivity contribution is 0.0952. The Morgan fingerprint density at radius 2 is 2.12 bits per heavy atom. The summed E-state index contributed by atoms with van der Waals surface area (Å²) in [6.07, 6.45) is 3.84. The molecule has 1 N–H and O–H groups in total. The van der Waals surface area contributed by atoms with Crippen LogP contribution in [0.2, 0.25) is 0 Å². The van der Waals surface area contributed by atoms with Gasteiger partial charge in [0.25, 0.3) is 5.91 Å². The first-order valence-electron chi connectivity index (χ1n) is 5.51. The Labute approximate surface area is 95.1 Å². The summed E-state index contributed by atoms with van der Waals surface area (Å²) in [4.78, 5) is 11.6. The van der Waals surface area contributed by atoms with Gasteiger partial charge in [0.15, 0.2) is 0 Å². The first-order chi connectivity index (χ1) is 7.86. The maximum atomic E-state index is 11.6. The van der Waals surface area contributed by atoms with E-state index in [-0.39, 0.29) is 5.91 Å². The minimum Gasteiger partial charge on any atom is -0.498 e. The van der Waals surface area contributed by atoms with Crippen LogP contribution in [0.1, 0.15) is 23.2 Å². The van der Waals surface area contributed by atoms with Crippen LogP contribution in [0.25, 0.3) is 0 Å². The first kappa shape index (κ1) is 10.7. The Kier molecular flexibility index (Phi) is 3.59. The highest BCUT2D eigenvalue weighted by Gasteiger charge is 2.07. The molecule has 1 aromatic carbocycles. The van der Waals surface area contributed by atoms with Crippen LogP contribution in [0.5, 0.6) is 0 Å². The summed E-state index contributed by atoms with van der Waals surface area (Å²) in [6, 6.07) is 9.23. The largest absolute Gasteiger partial charge is 0.498 e. The second-order valence-electron chi connectivity index (χ2n) is 3.68. The average Bonchev–Trinajstić information content (AvgIpc) is 2.83. The van der Waals surface area contributed by atoms with Crippen LogP contribution in [0.15, 0.2) is 42.2 Å². The van der Waals surface area contributed by atoms with Gasteiger partial charge < -0.3 is 10.1 Å². The van der Waals surface area contributed by atoms with Crippen LogP contribution in [0, 0.1) is 0 Å². The molecule has 2 rings (SSSR count). The van der Waals surface area contributed by atoms with Crippen molar-refractivity contribution in [2.75, 3.05) is 13.2 Å². The number of ether oxygens (including phenoxy) is 1. The first-order valence-corrected chi connectivity index (χ1v) is 5.51. The fourth-order valence-corrected chi connectivity index (χ4v) is 1.63. The van der Waals surface area contributed by atoms with Gasteiger partial charge >= 0.3 is 0 Å². The minimum absolute atomic E-state index is 0.0285. The highest BCUT2D eigenvalue weighted by Crippen LogP contribution is 2.11. The second kappa shape index (κ2) is 5.35. The smallest absolute Gasteiger partial charge is 0.251 e. The number of carbonyl (C=O) groups is 1. The molecular weight excluding hydrogens is 202 g/mol. The lowest BCUT2D eigenvalue weighted by atomic mass is 10.2. The number of amides is 1. The van der Waals surface area contributed by atoms with Crippen molar-refractivity contribution in [3.63, 3.8) is 0 Å². The van der Waals surface area contributed by atoms with E-state index >= 15 is 0 Å². The molecule has 0 spiro atoms. The van der Waals surface area contributed by atoms with Crippen molar-refractivity contribution >= 4 is 5.91 Å². The van der Waals surface area contributed by atoms with Crippen molar-refractivity contribution < 1.29 is 9.53 Å². The number of hydrogen-bond acceptors (Lipinski definition) is 2. The Hall–Kier alpha value is -1.77. The predicted molar refractivity (Wildman–Crippen MR) is 62.0 cm³/mol. The van der Waals surface area contributed by atoms with Gasteiger partial charge in [-0.15, -0.1) is 0 Å². The van der Waals surface area contributed by atoms with E-state index in [0.717, 1.165) is 25.2 Å². The molecule has 3 nitrogen and oxygen atoms in total. The third-order valence-electron chi connectivity index (χ3n) is 2.47. The summed E-state index contributed by atoms with van der Waals surface area (Å²) in [7, 11) is 0. The highest BCUT2D eigenvalue weighted by atomic mass is 16.5. The fraction of sp³-hybridized carbons (Fsp3) is 0.308. The van der Waals surface area contributed by atoms with Crippen molar-refractivity contribution in [3.8, 4) is 0 Å². The predicted octanol–water partition coefficient (Wildman–Crippen LogP) is 2.11. The van der Waals surface area contributed by atoms with Crippen LogP contribution < -0.4 is 5.32 Å². The Morgan fingerprint density at radius 3 is 2.81 bits per heavy atom. The van der Waals surface area contributed by atoms with Gasteiger partial charge in [-0.3, -0.25) is 4.79 Å². The molecular formula is C13H15NO2. The summed E-state index contributed by atoms with van der Waals surface area (Å²) in [5, 5.41) is 2.87. The third kappa shape index (κ3) is 2.86. The standard InChI is InChI=1S/C13H15NO2/c15-13(11-5-2-1-3-6-11)14-9-8-12-7-4-10-16-12/h1-3,5-7H,4,8-10H2,(H,14,15). The fourth-order valence-electron chi connectivity index (χ4n) is 1.63. The van der Waals surface area contributed by atoms with E-state index < -0.39 is 0 Å². The Bertz CT molecular complexity index is 384. The number of carbonyl (C=O) groups excluding carboxylic acids is 1. The second-order valence-corrected chi connectivity index (χ2v) is 3.68. The van der Waals surface area contributed by atoms with E-state index in [1.54, 1.807) is 12.1 Å². The van der Waals surface area contributed by atoms with Gasteiger partial charge in [-0.2, -0.15) is 0 Å². The molecule has 1 aliphatic rings. The molecule has 0 aromatic heterocycles. The van der Waals surface area contributed by atoms with Crippen LogP contribution in [-0.4, -0.2) is 19.1 Å². The molecule has 1 aromatic rings. The molecule has 1 aliphatic heterocycles. The minimum atomic E-state index is -0.0285. The molecule has 0 atom stereocenters. The van der Waals surface area contributed by atoms with Crippen molar-refractivity contribution in [3.05, 3.63) is 47.7 Å². The zero-order chi connectivity index (χ0) is 11.2. The monoisotopic (exact) mass is 217 g/mol. The quantitative estimate of drug-likeness (QED) is 0.838. The Balaban J connectivity index is 1.76. The molecule has 0 aliphatic carbocycles. The SMILES string of the molecule is O=C(NCCC1=CCCO1)c1ccccc1. The maximum Gasteiger partial charge on any atom is 0.251 e. The van der Waals surface area contributed by atoms with E-state index in [4.69, 9.17) is 4.74 Å². The van der Waals surface area contributed by atoms with Crippen molar-refractivity contribution in [2.24, 2.45) is 0 Å². The van der Waals surface area contributed by atoms with Gasteiger partial charge in [-0.25, -0.2) is 0 Å². The summed E-state index contributed by atoms with van der Waals surface area (Å²) >= 11 is 0. The highest BCUT2D eigenvalue weighted by molar-refractivity contribution is 5.94. The van der Waals surface area contributed by atoms with Gasteiger partial charge in [0.1, 0.15) is 0 Å². The maximum absolute atomic E-state index is 11.6. The topological polar surface area (TPSA) is 38.3 Å². The number of hydrogen-bond donors (Lipinski definition) is 1. The molecule has 0 radical (unpaired) electrons. The molecule has 1 amide bonds. The molecule has 0 unspecified atom stereocenters. The van der Waals surface area contributed by atoms with E-state index in [1.807, 2.05) is 18.2 Å². The van der Waals surface area contributed by atoms with E-state index in [1.165, 1.54) is 0 Å². The number of benzene rings is 1. The summed E-state index contributed by atoms with van der Waals surface area (Å²) < 4.78 is 5.35. The van der Waals surface area contributed by atoms with E-state index in [2.05, 4.69) is 11.4 Å². The van der Waals surface area contributed by atoms with E-state index in [0.29, 0.717) is 12.1 Å². The van der Waals surface area contributed by atoms with Gasteiger partial charge in [0.05, 0.1) is 12.4 Å². The number of rotatable bonds is 4. The summed E-state index contributed by atoms with van der Waals surface area (Å²) in [5.41, 5.74) is 0.698. The van der Waals surface area contributed by atoms with Gasteiger partial charge in [-0.1, -0.05) is 18.2 Å². The summed E-state index contributed by atoms with van der Waals surface area (Å²) in [6.45, 7) is 1.40. The molecule has 1 heterocycles. The van der Waals surface area contributed by atoms with E-state index in [9.17, 15) is 4.79 Å². The molecule has 84 valence electrons. The summed E-state index contributed by atoms with van der Waals surface area (Å²) in [5.74, 6) is 0.965. The average molecular weight is 217 g/mol. The van der Waals surface area contributed by atoms with Crippen LogP contribution >= 0.6 is 0 Å². The third-order valence-corrected chi connectivity index (χ3v) is 2.47. The molecule has 3 heteroatoms. The lowest BCUT2D eigenvalue weighted by Crippen LogP contribution is -2.24. The molecule has 0 bridgehead atoms. The number of nitrogens with one attached hydrogen (secondary N) is 1. The van der Waals surface area contributed by atoms with Crippen LogP contribution in [0.3, 0.4) is 0 Å². The normalized spacial score (nSPS) is 14.1. The Morgan fingerprint density at radius 1 is 1.31 bits per heavy atom. The van der Waals surface area contributed by atoms with Crippen LogP contribution in [0.4, 0.5) is 0 Å². The zero-order valence-electron chi connectivity index (χ0n) is 9.11. The molecule has 0 saturated carbocycles. The van der Waals surface area contributed by atoms with Crippen LogP contribution in [-0.2, 0) is 4.74 Å². The molecule has 0 saturated heterocycles. The van der Waals surface area contributed by atoms with Gasteiger partial charge in [-0.05, 0) is 18.2 Å². The molecule has 0 fully saturated rings. The lowest BCUT2D eigenvalue weighted by Gasteiger charge is -2.06. The van der Waals surface area contributed by atoms with Crippen molar-refractivity contribution in [2.45, 2.75) is 12.8 Å². The van der Waals surface area contributed by atoms with Crippen molar-refractivity contribution in [1.29, 1.82) is 0 Å². The molecule has 16 heavy (non-hydrogen) atoms.